The zero-order valence-corrected chi connectivity index (χ0v) is 75.6. The van der Waals surface area contributed by atoms with Crippen molar-refractivity contribution in [2.45, 2.75) is 165 Å². The standard InChI is InChI=1S/C32H29F7N6O3S2.C28H24F7N7O2S2.C27H22F4N6O3S/c1-43-10-9-26(42-43)50(2,48)45(23-14-30(47,15-23)32(37,38)39)22-6-3-19-11-24-18(16-41-44(24)21-7-4-20(33)5-8-21)12-29(19,13-22)27(46)28-40-17-25(49-28)31(34,35)36;1-40-15-37-25(39-40)46(2,44)41(14-27(30,31)32)20-6-3-17-9-21-16(12-38-42(21)19-7-4-18(29)5-8-19)10-26(17,11-20)23(43)24-36-13-22(45-24)28(33,34)35;1-36-15-33-25(35-36)41(39,40)21-7-2-17-11-23-16(14-34-37(23)20-5-3-19(28)4-6-20)12-26(17,13-21)24(38)22-10-18(8-9-32-22)27(29,30)31/h4-5,7-11,16-17,22-23,47H,2-3,6,12-15H2,1H3;4-5,7-9,12-13,15,20H,2-3,6,10-11,14H2,1H3;3-6,8-11,14-15,21H,2,7,12-13H2,1H3/t22-,23?,29-,30?,50?;20-,26-,46?;21-,26-/m000/s1. The van der Waals surface area contributed by atoms with E-state index < -0.39 is 196 Å². The SMILES string of the molecule is C=S(=O)(c1ccn(C)n1)N(C1CC(O)(C(F)(F)F)C1)[C@H]1CCC2=Cc3c(cnn3-c3ccc(F)cc3)C[C@]2(C(=O)c2ncc(C(F)(F)F)s2)C1.C=S(=O)(c1ncn(C)n1)N(CC(F)(F)F)[C@H]1CCC2=Cc3c(cnn3-c3ccc(F)cc3)C[C@]2(C(=O)c2ncc(C(F)(F)F)s2)C1.Cn1cnc(S(=O)(=O)[C@H]2CCC3=Cc4c(cnn4-c4ccc(F)cc4)C[C@]3(C(=O)c3cc(C(F)(F)F)ccn3)C2)n1. The number of hydrogen-bond acceptors (Lipinski definition) is 21. The van der Waals surface area contributed by atoms with E-state index in [1.165, 1.54) is 141 Å². The van der Waals surface area contributed by atoms with Gasteiger partial charge in [-0.05, 0) is 215 Å². The molecule has 8 atom stereocenters. The second-order valence-corrected chi connectivity index (χ2v) is 42.9. The molecule has 4 fully saturated rings. The number of nitrogens with zero attached hydrogens (tertiary/aromatic N) is 19. The Bertz CT molecular complexity index is 7200. The molecule has 3 aromatic carbocycles. The van der Waals surface area contributed by atoms with Gasteiger partial charge >= 0.3 is 30.9 Å². The number of benzene rings is 3. The second kappa shape index (κ2) is 34.9. The van der Waals surface area contributed by atoms with Gasteiger partial charge in [0.15, 0.2) is 26.4 Å². The molecule has 7 aliphatic carbocycles. The third-order valence-electron chi connectivity index (χ3n) is 25.7. The maximum absolute atomic E-state index is 14.6. The van der Waals surface area contributed by atoms with Crippen molar-refractivity contribution in [2.75, 3.05) is 6.54 Å². The summed E-state index contributed by atoms with van der Waals surface area (Å²) in [6.07, 6.45) is -10.2. The van der Waals surface area contributed by atoms with E-state index in [0.717, 1.165) is 12.3 Å². The van der Waals surface area contributed by atoms with Gasteiger partial charge in [0.2, 0.25) is 26.6 Å². The van der Waals surface area contributed by atoms with E-state index in [-0.39, 0.29) is 110 Å². The normalized spacial score (nSPS) is 23.1. The Kier molecular flexibility index (Phi) is 24.6. The van der Waals surface area contributed by atoms with Gasteiger partial charge < -0.3 is 5.11 Å². The number of fused-ring (bicyclic) bond motifs is 6. The van der Waals surface area contributed by atoms with E-state index in [0.29, 0.717) is 90.3 Å². The number of hydrogen-bond donors (Lipinski definition) is 1. The molecular weight excluding hydrogens is 1940 g/mol. The van der Waals surface area contributed by atoms with Crippen molar-refractivity contribution in [1.29, 1.82) is 0 Å². The van der Waals surface area contributed by atoms with Crippen LogP contribution in [-0.4, -0.2) is 191 Å². The highest BCUT2D eigenvalue weighted by Crippen LogP contribution is 2.59. The van der Waals surface area contributed by atoms with Crippen molar-refractivity contribution < 1.29 is 115 Å². The number of aromatic nitrogens is 17. The van der Waals surface area contributed by atoms with Gasteiger partial charge in [-0.25, -0.2) is 72.6 Å². The first-order chi connectivity index (χ1) is 64.2. The number of ketones is 3. The Labute approximate surface area is 774 Å². The minimum absolute atomic E-state index is 0.00196. The van der Waals surface area contributed by atoms with Crippen LogP contribution in [0.25, 0.3) is 35.3 Å². The maximum Gasteiger partial charge on any atom is 0.427 e. The average molecular weight is 2020 g/mol. The van der Waals surface area contributed by atoms with Gasteiger partial charge in [-0.3, -0.25) is 33.4 Å². The van der Waals surface area contributed by atoms with Gasteiger partial charge in [-0.15, -0.1) is 32.9 Å². The minimum atomic E-state index is -4.95. The molecule has 2 unspecified atom stereocenters. The fourth-order valence-corrected chi connectivity index (χ4v) is 26.2. The van der Waals surface area contributed by atoms with Crippen LogP contribution in [0, 0.1) is 33.7 Å². The van der Waals surface area contributed by atoms with Gasteiger partial charge in [-0.2, -0.15) is 86.3 Å². The van der Waals surface area contributed by atoms with Crippen LogP contribution in [0.5, 0.6) is 0 Å². The molecule has 0 saturated heterocycles. The van der Waals surface area contributed by atoms with Crippen LogP contribution in [0.2, 0.25) is 0 Å². The van der Waals surface area contributed by atoms with E-state index in [1.807, 2.05) is 0 Å². The molecule has 19 rings (SSSR count). The van der Waals surface area contributed by atoms with Crippen molar-refractivity contribution in [3.8, 4) is 17.1 Å². The number of sulfone groups is 1. The third-order valence-corrected chi connectivity index (χ3v) is 33.8. The molecule has 12 aromatic rings. The molecular formula is C87H75F18N19O8S5. The van der Waals surface area contributed by atoms with Gasteiger partial charge in [0.25, 0.3) is 5.16 Å². The average Bonchev–Trinajstić information content (AvgIpc) is 1.38. The molecule has 0 bridgehead atoms. The summed E-state index contributed by atoms with van der Waals surface area (Å²) in [5.74, 6) is 3.93. The molecule has 137 heavy (non-hydrogen) atoms. The summed E-state index contributed by atoms with van der Waals surface area (Å²) in [4.78, 5) is 60.3. The van der Waals surface area contributed by atoms with Crippen LogP contribution in [0.3, 0.4) is 0 Å². The Hall–Kier alpha value is -12.0. The molecule has 0 radical (unpaired) electrons. The van der Waals surface area contributed by atoms with Crippen LogP contribution < -0.4 is 0 Å². The van der Waals surface area contributed by atoms with E-state index in [9.17, 15) is 115 Å². The zero-order valence-electron chi connectivity index (χ0n) is 71.6. The van der Waals surface area contributed by atoms with Gasteiger partial charge in [0.05, 0.1) is 112 Å². The Balaban J connectivity index is 0.000000143. The summed E-state index contributed by atoms with van der Waals surface area (Å²) in [5, 5.41) is 33.0. The van der Waals surface area contributed by atoms with Crippen LogP contribution in [0.1, 0.15) is 150 Å². The molecule has 0 amide bonds. The number of thiazole rings is 2. The number of alkyl halides is 15. The molecule has 9 heterocycles. The number of carbonyl (C=O) groups excluding carboxylic acids is 3. The highest BCUT2D eigenvalue weighted by molar-refractivity contribution is 7.98. The molecule has 9 aromatic heterocycles. The molecule has 722 valence electrons. The lowest BCUT2D eigenvalue weighted by molar-refractivity contribution is -0.297. The van der Waals surface area contributed by atoms with Gasteiger partial charge in [-0.1, -0.05) is 16.7 Å². The molecule has 0 aliphatic heterocycles. The Morgan fingerprint density at radius 2 is 0.905 bits per heavy atom. The maximum atomic E-state index is 14.6. The Morgan fingerprint density at radius 3 is 1.30 bits per heavy atom. The predicted octanol–water partition coefficient (Wildman–Crippen LogP) is 15.9. The summed E-state index contributed by atoms with van der Waals surface area (Å²) >= 11 is 0.341. The molecule has 1 N–H and O–H groups in total. The molecule has 50 heteroatoms. The number of rotatable bonds is 19. The van der Waals surface area contributed by atoms with Crippen LogP contribution in [-0.2, 0) is 88.2 Å². The summed E-state index contributed by atoms with van der Waals surface area (Å²) in [6.45, 7) is -1.66. The number of aliphatic hydroxyl groups is 1. The summed E-state index contributed by atoms with van der Waals surface area (Å²) in [5.41, 5.74) is -2.66. The largest absolute Gasteiger partial charge is 0.427 e. The zero-order chi connectivity index (χ0) is 98.4. The third kappa shape index (κ3) is 18.1. The number of aryl methyl sites for hydroxylation is 3. The molecule has 0 spiro atoms. The van der Waals surface area contributed by atoms with E-state index >= 15 is 0 Å². The number of halogens is 18. The van der Waals surface area contributed by atoms with Crippen molar-refractivity contribution in [2.24, 2.45) is 37.4 Å². The monoisotopic (exact) mass is 2020 g/mol. The lowest BCUT2D eigenvalue weighted by atomic mass is 9.60. The quantitative estimate of drug-likeness (QED) is 0.0446. The van der Waals surface area contributed by atoms with E-state index in [4.69, 9.17) is 0 Å². The lowest BCUT2D eigenvalue weighted by Crippen LogP contribution is -2.65. The summed E-state index contributed by atoms with van der Waals surface area (Å²) in [7, 11) is -7.11. The molecule has 7 aliphatic rings. The van der Waals surface area contributed by atoms with Crippen LogP contribution in [0.4, 0.5) is 79.0 Å². The number of Topliss-reactive ketones (excluding diaryl/α,β-unsaturated/α-hetero) is 3. The highest BCUT2D eigenvalue weighted by atomic mass is 32.2. The summed E-state index contributed by atoms with van der Waals surface area (Å²) < 4.78 is 312. The second-order valence-electron chi connectivity index (χ2n) is 34.4. The first-order valence-electron chi connectivity index (χ1n) is 41.6. The van der Waals surface area contributed by atoms with Crippen molar-refractivity contribution in [3.63, 3.8) is 0 Å². The Morgan fingerprint density at radius 1 is 0.482 bits per heavy atom. The molecule has 27 nitrogen and oxygen atoms in total. The van der Waals surface area contributed by atoms with E-state index in [2.05, 4.69) is 67.3 Å². The van der Waals surface area contributed by atoms with E-state index in [1.54, 1.807) is 46.8 Å². The fraction of sp³-hybridized carbons (Fsp3) is 0.356. The predicted molar refractivity (Wildman–Crippen MR) is 460 cm³/mol. The highest BCUT2D eigenvalue weighted by Gasteiger charge is 2.65. The lowest BCUT2D eigenvalue weighted by Gasteiger charge is -2.54. The first kappa shape index (κ1) is 96.7. The molecule has 4 saturated carbocycles. The fourth-order valence-electron chi connectivity index (χ4n) is 19.1. The van der Waals surface area contributed by atoms with Gasteiger partial charge in [0, 0.05) is 64.5 Å². The number of carbonyl (C=O) groups is 3. The van der Waals surface area contributed by atoms with Crippen molar-refractivity contribution in [1.82, 2.24) is 92.2 Å². The number of allylic oxidation sites excluding steroid dienone is 3. The van der Waals surface area contributed by atoms with Crippen molar-refractivity contribution >= 4 is 99.2 Å². The topological polar surface area (TPSA) is 318 Å². The number of pyridine rings is 1. The summed E-state index contributed by atoms with van der Waals surface area (Å²) in [6, 6.07) is 16.4. The minimum Gasteiger partial charge on any atom is -0.380 e. The van der Waals surface area contributed by atoms with Gasteiger partial charge in [0.1, 0.15) is 52.1 Å². The van der Waals surface area contributed by atoms with Crippen LogP contribution >= 0.6 is 22.7 Å². The van der Waals surface area contributed by atoms with Crippen molar-refractivity contribution in [3.05, 3.63) is 246 Å². The first-order valence-corrected chi connectivity index (χ1v) is 48.2. The smallest absolute Gasteiger partial charge is 0.380 e. The van der Waals surface area contributed by atoms with Crippen LogP contribution in [0.15, 0.2) is 179 Å².